The van der Waals surface area contributed by atoms with Gasteiger partial charge in [-0.25, -0.2) is 4.79 Å². The molecule has 0 radical (unpaired) electrons. The van der Waals surface area contributed by atoms with E-state index < -0.39 is 17.2 Å². The largest absolute Gasteiger partial charge is 0.493 e. The number of piperidine rings is 1. The molecule has 1 fully saturated rings. The van der Waals surface area contributed by atoms with E-state index in [1.807, 2.05) is 75.4 Å². The van der Waals surface area contributed by atoms with Crippen molar-refractivity contribution < 1.29 is 14.6 Å². The summed E-state index contributed by atoms with van der Waals surface area (Å²) < 4.78 is 6.21. The standard InChI is InChI=1S/C34H40Cl2N4O3/c1-7-43-28-19-29(32(2,3)4)37-20-27(28)30-38-33(5,22-10-14-24(35)15-11-22)34(6,23-12-16-25(36)17-13-23)40(30)31(42)39-18-8-9-26(41)21-39/h10-17,19-20,26,41H,7-9,18,21H2,1-6H3/t26?,33-,34+/m0/s1. The number of carbonyl (C=O) groups excluding carboxylic acids is 1. The Morgan fingerprint density at radius 2 is 1.65 bits per heavy atom. The highest BCUT2D eigenvalue weighted by Gasteiger charge is 2.60. The predicted octanol–water partition coefficient (Wildman–Crippen LogP) is 7.55. The number of aromatic nitrogens is 1. The van der Waals surface area contributed by atoms with Gasteiger partial charge in [-0.2, -0.15) is 0 Å². The summed E-state index contributed by atoms with van der Waals surface area (Å²) >= 11 is 12.7. The molecule has 1 aromatic heterocycles. The number of ether oxygens (including phenoxy) is 1. The lowest BCUT2D eigenvalue weighted by Crippen LogP contribution is -2.59. The molecule has 0 saturated carbocycles. The van der Waals surface area contributed by atoms with Crippen molar-refractivity contribution in [3.05, 3.63) is 93.2 Å². The molecule has 0 aliphatic carbocycles. The SMILES string of the molecule is CCOc1cc(C(C)(C)C)ncc1C1=N[C@@](C)(c2ccc(Cl)cc2)[C@@](C)(c2ccc(Cl)cc2)N1C(=O)N1CCCC(O)C1. The number of aliphatic imine (C=N–C) groups is 1. The lowest BCUT2D eigenvalue weighted by Gasteiger charge is -2.47. The Kier molecular flexibility index (Phi) is 8.55. The maximum Gasteiger partial charge on any atom is 0.326 e. The van der Waals surface area contributed by atoms with Crippen molar-refractivity contribution in [2.75, 3.05) is 19.7 Å². The van der Waals surface area contributed by atoms with Gasteiger partial charge in [0.2, 0.25) is 0 Å². The van der Waals surface area contributed by atoms with Crippen molar-refractivity contribution in [3.63, 3.8) is 0 Å². The first-order chi connectivity index (χ1) is 20.3. The van der Waals surface area contributed by atoms with Crippen LogP contribution in [0.2, 0.25) is 10.0 Å². The van der Waals surface area contributed by atoms with E-state index in [2.05, 4.69) is 20.8 Å². The lowest BCUT2D eigenvalue weighted by molar-refractivity contribution is 0.0596. The quantitative estimate of drug-likeness (QED) is 0.318. The van der Waals surface area contributed by atoms with E-state index in [0.29, 0.717) is 53.2 Å². The molecule has 1 N–H and O–H groups in total. The molecule has 0 spiro atoms. The van der Waals surface area contributed by atoms with Crippen LogP contribution in [0.4, 0.5) is 4.79 Å². The van der Waals surface area contributed by atoms with Gasteiger partial charge in [-0.05, 0) is 69.0 Å². The molecule has 3 aromatic rings. The molecule has 1 unspecified atom stereocenters. The van der Waals surface area contributed by atoms with Gasteiger partial charge in [0, 0.05) is 46.5 Å². The molecule has 2 aliphatic rings. The number of halogens is 2. The fourth-order valence-corrected chi connectivity index (χ4v) is 6.38. The van der Waals surface area contributed by atoms with Gasteiger partial charge in [0.15, 0.2) is 0 Å². The number of hydrogen-bond donors (Lipinski definition) is 1. The summed E-state index contributed by atoms with van der Waals surface area (Å²) in [7, 11) is 0. The van der Waals surface area contributed by atoms with Crippen molar-refractivity contribution in [1.82, 2.24) is 14.8 Å². The minimum Gasteiger partial charge on any atom is -0.493 e. The number of nitrogens with zero attached hydrogens (tertiary/aromatic N) is 4. The van der Waals surface area contributed by atoms with E-state index >= 15 is 0 Å². The number of amidine groups is 1. The topological polar surface area (TPSA) is 78.3 Å². The van der Waals surface area contributed by atoms with Crippen LogP contribution in [-0.2, 0) is 16.5 Å². The Labute approximate surface area is 264 Å². The van der Waals surface area contributed by atoms with Gasteiger partial charge in [0.05, 0.1) is 18.3 Å². The van der Waals surface area contributed by atoms with Crippen molar-refractivity contribution in [2.45, 2.75) is 77.0 Å². The number of urea groups is 1. The molecule has 1 saturated heterocycles. The molecular formula is C34H40Cl2N4O3. The smallest absolute Gasteiger partial charge is 0.326 e. The Morgan fingerprint density at radius 1 is 1.05 bits per heavy atom. The highest BCUT2D eigenvalue weighted by atomic mass is 35.5. The van der Waals surface area contributed by atoms with Crippen LogP contribution in [0.25, 0.3) is 0 Å². The summed E-state index contributed by atoms with van der Waals surface area (Å²) in [5, 5.41) is 11.8. The predicted molar refractivity (Wildman–Crippen MR) is 172 cm³/mol. The number of pyridine rings is 1. The molecule has 2 aromatic carbocycles. The Balaban J connectivity index is 1.80. The Hall–Kier alpha value is -3.13. The first kappa shape index (κ1) is 31.3. The van der Waals surface area contributed by atoms with E-state index in [9.17, 15) is 9.90 Å². The molecule has 5 rings (SSSR count). The van der Waals surface area contributed by atoms with E-state index in [1.54, 1.807) is 16.0 Å². The number of likely N-dealkylation sites (tertiary alicyclic amines) is 1. The van der Waals surface area contributed by atoms with Crippen LogP contribution in [0, 0.1) is 0 Å². The number of rotatable bonds is 5. The Bertz CT molecular complexity index is 1520. The van der Waals surface area contributed by atoms with Crippen LogP contribution in [-0.4, -0.2) is 57.6 Å². The van der Waals surface area contributed by atoms with Gasteiger partial charge in [0.25, 0.3) is 0 Å². The third kappa shape index (κ3) is 5.63. The molecule has 9 heteroatoms. The Morgan fingerprint density at radius 3 is 2.21 bits per heavy atom. The monoisotopic (exact) mass is 622 g/mol. The van der Waals surface area contributed by atoms with Crippen molar-refractivity contribution in [2.24, 2.45) is 4.99 Å². The first-order valence-electron chi connectivity index (χ1n) is 14.8. The maximum atomic E-state index is 14.8. The zero-order valence-corrected chi connectivity index (χ0v) is 27.2. The summed E-state index contributed by atoms with van der Waals surface area (Å²) in [4.78, 5) is 28.6. The third-order valence-corrected chi connectivity index (χ3v) is 9.29. The van der Waals surface area contributed by atoms with Crippen LogP contribution >= 0.6 is 23.2 Å². The number of β-amino-alcohol motifs (C(OH)–C–C–N with tert-alkyl or cyclic N) is 1. The fourth-order valence-electron chi connectivity index (χ4n) is 6.13. The number of carbonyl (C=O) groups is 1. The molecule has 0 bridgehead atoms. The number of hydrogen-bond acceptors (Lipinski definition) is 5. The molecule has 2 amide bonds. The van der Waals surface area contributed by atoms with E-state index in [0.717, 1.165) is 16.8 Å². The van der Waals surface area contributed by atoms with Crippen molar-refractivity contribution in [3.8, 4) is 5.75 Å². The first-order valence-corrected chi connectivity index (χ1v) is 15.6. The number of benzene rings is 2. The molecule has 7 nitrogen and oxygen atoms in total. The molecule has 3 atom stereocenters. The lowest BCUT2D eigenvalue weighted by atomic mass is 9.71. The summed E-state index contributed by atoms with van der Waals surface area (Å²) in [5.74, 6) is 1.06. The molecule has 3 heterocycles. The van der Waals surface area contributed by atoms with Crippen molar-refractivity contribution in [1.29, 1.82) is 0 Å². The molecule has 43 heavy (non-hydrogen) atoms. The maximum absolute atomic E-state index is 14.8. The van der Waals surface area contributed by atoms with Gasteiger partial charge in [-0.3, -0.25) is 14.9 Å². The van der Waals surface area contributed by atoms with E-state index in [-0.39, 0.29) is 18.0 Å². The summed E-state index contributed by atoms with van der Waals surface area (Å²) in [6.07, 6.45) is 2.56. The minimum absolute atomic E-state index is 0.211. The van der Waals surface area contributed by atoms with Gasteiger partial charge in [0.1, 0.15) is 22.7 Å². The zero-order valence-electron chi connectivity index (χ0n) is 25.7. The summed E-state index contributed by atoms with van der Waals surface area (Å²) in [6.45, 7) is 13.5. The normalized spacial score (nSPS) is 24.2. The van der Waals surface area contributed by atoms with Crippen molar-refractivity contribution >= 4 is 35.1 Å². The molecule has 228 valence electrons. The van der Waals surface area contributed by atoms with Gasteiger partial charge in [-0.1, -0.05) is 68.2 Å². The fraction of sp³-hybridized carbons (Fsp3) is 0.441. The number of aliphatic hydroxyl groups excluding tert-OH is 1. The second kappa shape index (κ2) is 11.8. The highest BCUT2D eigenvalue weighted by Crippen LogP contribution is 2.54. The second-order valence-electron chi connectivity index (χ2n) is 12.7. The van der Waals surface area contributed by atoms with Crippen LogP contribution in [0.15, 0.2) is 65.8 Å². The van der Waals surface area contributed by atoms with Crippen LogP contribution in [0.3, 0.4) is 0 Å². The number of amides is 2. The zero-order chi connectivity index (χ0) is 31.2. The molecule has 2 aliphatic heterocycles. The van der Waals surface area contributed by atoms with Crippen LogP contribution in [0.1, 0.15) is 76.8 Å². The third-order valence-electron chi connectivity index (χ3n) is 8.78. The van der Waals surface area contributed by atoms with E-state index in [1.165, 1.54) is 0 Å². The molecular weight excluding hydrogens is 583 g/mol. The second-order valence-corrected chi connectivity index (χ2v) is 13.6. The highest BCUT2D eigenvalue weighted by molar-refractivity contribution is 6.30. The van der Waals surface area contributed by atoms with Gasteiger partial charge >= 0.3 is 6.03 Å². The average molecular weight is 624 g/mol. The van der Waals surface area contributed by atoms with E-state index in [4.69, 9.17) is 37.9 Å². The number of aliphatic hydroxyl groups is 1. The van der Waals surface area contributed by atoms with Gasteiger partial charge in [-0.15, -0.1) is 0 Å². The average Bonchev–Trinajstić information content (AvgIpc) is 3.21. The summed E-state index contributed by atoms with van der Waals surface area (Å²) in [5.41, 5.74) is 1.05. The van der Waals surface area contributed by atoms with Crippen LogP contribution < -0.4 is 4.74 Å². The van der Waals surface area contributed by atoms with Crippen LogP contribution in [0.5, 0.6) is 5.75 Å². The van der Waals surface area contributed by atoms with Gasteiger partial charge < -0.3 is 14.7 Å². The minimum atomic E-state index is -1.02. The summed E-state index contributed by atoms with van der Waals surface area (Å²) in [6, 6.07) is 16.9.